The molecule has 0 unspecified atom stereocenters. The van der Waals surface area contributed by atoms with Gasteiger partial charge in [-0.2, -0.15) is 0 Å². The van der Waals surface area contributed by atoms with Crippen LogP contribution in [0.25, 0.3) is 5.69 Å². The molecule has 1 saturated heterocycles. The molecular weight excluding hydrogens is 330 g/mol. The van der Waals surface area contributed by atoms with Crippen LogP contribution in [0.4, 0.5) is 0 Å². The molecule has 7 heteroatoms. The molecule has 1 N–H and O–H groups in total. The van der Waals surface area contributed by atoms with Crippen molar-refractivity contribution in [3.63, 3.8) is 0 Å². The molecular formula is C19H19N5O2. The maximum Gasteiger partial charge on any atom is 0.337 e. The largest absolute Gasteiger partial charge is 0.478 e. The lowest BCUT2D eigenvalue weighted by atomic mass is 10.1. The highest BCUT2D eigenvalue weighted by Gasteiger charge is 2.27. The Morgan fingerprint density at radius 1 is 1.23 bits per heavy atom. The Morgan fingerprint density at radius 2 is 2.12 bits per heavy atom. The highest BCUT2D eigenvalue weighted by atomic mass is 16.4. The van der Waals surface area contributed by atoms with Gasteiger partial charge in [0.25, 0.3) is 0 Å². The number of aromatic nitrogens is 4. The monoisotopic (exact) mass is 349 g/mol. The number of likely N-dealkylation sites (tertiary alicyclic amines) is 1. The van der Waals surface area contributed by atoms with Gasteiger partial charge in [-0.05, 0) is 31.5 Å². The average Bonchev–Trinajstić information content (AvgIpc) is 3.32. The van der Waals surface area contributed by atoms with Crippen LogP contribution in [0.3, 0.4) is 0 Å². The Hall–Kier alpha value is -3.06. The van der Waals surface area contributed by atoms with E-state index in [9.17, 15) is 9.90 Å². The summed E-state index contributed by atoms with van der Waals surface area (Å²) in [6, 6.07) is 7.18. The molecule has 1 aliphatic rings. The lowest BCUT2D eigenvalue weighted by Gasteiger charge is -2.22. The summed E-state index contributed by atoms with van der Waals surface area (Å²) in [7, 11) is 0. The van der Waals surface area contributed by atoms with E-state index in [0.29, 0.717) is 12.2 Å². The second kappa shape index (κ2) is 7.05. The maximum absolute atomic E-state index is 11.4. The van der Waals surface area contributed by atoms with Crippen LogP contribution in [0.15, 0.2) is 55.4 Å². The van der Waals surface area contributed by atoms with Crippen molar-refractivity contribution in [1.82, 2.24) is 24.4 Å². The summed E-state index contributed by atoms with van der Waals surface area (Å²) in [5.74, 6) is -0.946. The second-order valence-electron chi connectivity index (χ2n) is 6.35. The molecule has 1 aromatic carbocycles. The normalized spacial score (nSPS) is 17.5. The van der Waals surface area contributed by atoms with Crippen LogP contribution in [0.1, 0.15) is 40.6 Å². The molecule has 1 aliphatic heterocycles. The summed E-state index contributed by atoms with van der Waals surface area (Å²) < 4.78 is 1.77. The van der Waals surface area contributed by atoms with E-state index >= 15 is 0 Å². The maximum atomic E-state index is 11.4. The summed E-state index contributed by atoms with van der Waals surface area (Å²) in [5, 5.41) is 9.37. The SMILES string of the molecule is O=C(O)c1ccccc1-n1cnc(CN2CCC[C@H]2c2cnccn2)c1. The third-order valence-corrected chi connectivity index (χ3v) is 4.70. The predicted octanol–water partition coefficient (Wildman–Crippen LogP) is 2.70. The number of rotatable bonds is 5. The van der Waals surface area contributed by atoms with Gasteiger partial charge in [-0.15, -0.1) is 0 Å². The Kier molecular flexibility index (Phi) is 4.45. The average molecular weight is 349 g/mol. The number of nitrogens with zero attached hydrogens (tertiary/aromatic N) is 5. The van der Waals surface area contributed by atoms with Gasteiger partial charge in [0.2, 0.25) is 0 Å². The van der Waals surface area contributed by atoms with Crippen LogP contribution >= 0.6 is 0 Å². The molecule has 2 aromatic heterocycles. The van der Waals surface area contributed by atoms with Crippen LogP contribution < -0.4 is 0 Å². The highest BCUT2D eigenvalue weighted by Crippen LogP contribution is 2.31. The standard InChI is InChI=1S/C19H19N5O2/c25-19(26)15-4-1-2-5-17(15)24-12-14(22-13-24)11-23-9-3-6-18(23)16-10-20-7-8-21-16/h1-2,4-5,7-8,10,12-13,18H,3,6,9,11H2,(H,25,26)/t18-/m0/s1. The summed E-state index contributed by atoms with van der Waals surface area (Å²) >= 11 is 0. The molecule has 1 fully saturated rings. The van der Waals surface area contributed by atoms with E-state index in [1.807, 2.05) is 18.5 Å². The number of carboxylic acid groups (broad SMARTS) is 1. The van der Waals surface area contributed by atoms with Crippen molar-refractivity contribution in [2.24, 2.45) is 0 Å². The van der Waals surface area contributed by atoms with E-state index in [1.54, 1.807) is 41.5 Å². The summed E-state index contributed by atoms with van der Waals surface area (Å²) in [5.41, 5.74) is 2.77. The van der Waals surface area contributed by atoms with Crippen LogP contribution in [-0.2, 0) is 6.54 Å². The van der Waals surface area contributed by atoms with Crippen molar-refractivity contribution in [3.05, 3.63) is 72.3 Å². The minimum absolute atomic E-state index is 0.250. The van der Waals surface area contributed by atoms with Crippen LogP contribution in [-0.4, -0.2) is 42.0 Å². The highest BCUT2D eigenvalue weighted by molar-refractivity contribution is 5.91. The molecule has 132 valence electrons. The number of imidazole rings is 1. The van der Waals surface area contributed by atoms with Crippen LogP contribution in [0.2, 0.25) is 0 Å². The Labute approximate surface area is 151 Å². The molecule has 0 saturated carbocycles. The molecule has 0 radical (unpaired) electrons. The van der Waals surface area contributed by atoms with Crippen molar-refractivity contribution >= 4 is 5.97 Å². The number of hydrogen-bond donors (Lipinski definition) is 1. The molecule has 3 heterocycles. The number of hydrogen-bond acceptors (Lipinski definition) is 5. The first kappa shape index (κ1) is 16.4. The Morgan fingerprint density at radius 3 is 2.92 bits per heavy atom. The van der Waals surface area contributed by atoms with Gasteiger partial charge in [-0.3, -0.25) is 14.9 Å². The Balaban J connectivity index is 1.55. The molecule has 7 nitrogen and oxygen atoms in total. The van der Waals surface area contributed by atoms with Gasteiger partial charge in [0.15, 0.2) is 0 Å². The first-order valence-electron chi connectivity index (χ1n) is 8.58. The van der Waals surface area contributed by atoms with Gasteiger partial charge >= 0.3 is 5.97 Å². The fraction of sp³-hybridized carbons (Fsp3) is 0.263. The smallest absolute Gasteiger partial charge is 0.337 e. The number of carbonyl (C=O) groups is 1. The molecule has 0 bridgehead atoms. The summed E-state index contributed by atoms with van der Waals surface area (Å²) in [6.45, 7) is 1.68. The number of para-hydroxylation sites is 1. The number of carboxylic acids is 1. The van der Waals surface area contributed by atoms with Crippen molar-refractivity contribution in [2.75, 3.05) is 6.54 Å². The molecule has 1 atom stereocenters. The lowest BCUT2D eigenvalue weighted by molar-refractivity contribution is 0.0697. The van der Waals surface area contributed by atoms with Gasteiger partial charge < -0.3 is 9.67 Å². The minimum atomic E-state index is -0.946. The lowest BCUT2D eigenvalue weighted by Crippen LogP contribution is -2.23. The molecule has 0 spiro atoms. The summed E-state index contributed by atoms with van der Waals surface area (Å²) in [4.78, 5) is 26.9. The third kappa shape index (κ3) is 3.21. The van der Waals surface area contributed by atoms with Gasteiger partial charge in [0.05, 0.1) is 35.0 Å². The summed E-state index contributed by atoms with van der Waals surface area (Å²) in [6.07, 6.45) is 11.0. The molecule has 0 aliphatic carbocycles. The minimum Gasteiger partial charge on any atom is -0.478 e. The quantitative estimate of drug-likeness (QED) is 0.762. The zero-order valence-electron chi connectivity index (χ0n) is 14.2. The van der Waals surface area contributed by atoms with E-state index in [1.165, 1.54) is 0 Å². The fourth-order valence-corrected chi connectivity index (χ4v) is 3.50. The van der Waals surface area contributed by atoms with Gasteiger partial charge in [0.1, 0.15) is 0 Å². The van der Waals surface area contributed by atoms with E-state index in [-0.39, 0.29) is 11.6 Å². The molecule has 0 amide bonds. The predicted molar refractivity (Wildman–Crippen MR) is 94.9 cm³/mol. The Bertz CT molecular complexity index is 909. The van der Waals surface area contributed by atoms with Gasteiger partial charge in [-0.25, -0.2) is 9.78 Å². The number of benzene rings is 1. The zero-order valence-corrected chi connectivity index (χ0v) is 14.2. The van der Waals surface area contributed by atoms with E-state index < -0.39 is 5.97 Å². The van der Waals surface area contributed by atoms with Gasteiger partial charge in [-0.1, -0.05) is 12.1 Å². The van der Waals surface area contributed by atoms with Crippen molar-refractivity contribution < 1.29 is 9.90 Å². The number of aromatic carboxylic acids is 1. The van der Waals surface area contributed by atoms with Gasteiger partial charge in [0, 0.05) is 31.3 Å². The first-order chi connectivity index (χ1) is 12.7. The van der Waals surface area contributed by atoms with Crippen LogP contribution in [0.5, 0.6) is 0 Å². The third-order valence-electron chi connectivity index (χ3n) is 4.70. The van der Waals surface area contributed by atoms with Crippen molar-refractivity contribution in [3.8, 4) is 5.69 Å². The fourth-order valence-electron chi connectivity index (χ4n) is 3.50. The van der Waals surface area contributed by atoms with Crippen LogP contribution in [0, 0.1) is 0 Å². The molecule has 4 rings (SSSR count). The second-order valence-corrected chi connectivity index (χ2v) is 6.35. The zero-order chi connectivity index (χ0) is 17.9. The topological polar surface area (TPSA) is 84.1 Å². The van der Waals surface area contributed by atoms with Crippen molar-refractivity contribution in [2.45, 2.75) is 25.4 Å². The molecule has 3 aromatic rings. The van der Waals surface area contributed by atoms with E-state index in [4.69, 9.17) is 0 Å². The molecule has 26 heavy (non-hydrogen) atoms. The van der Waals surface area contributed by atoms with E-state index in [2.05, 4.69) is 19.9 Å². The first-order valence-corrected chi connectivity index (χ1v) is 8.58. The van der Waals surface area contributed by atoms with E-state index in [0.717, 1.165) is 30.8 Å². The van der Waals surface area contributed by atoms with Crippen molar-refractivity contribution in [1.29, 1.82) is 0 Å².